The zero-order valence-electron chi connectivity index (χ0n) is 10.6. The summed E-state index contributed by atoms with van der Waals surface area (Å²) in [5.74, 6) is 1.66. The number of rotatable bonds is 3. The van der Waals surface area contributed by atoms with E-state index in [9.17, 15) is 0 Å². The predicted molar refractivity (Wildman–Crippen MR) is 67.6 cm³/mol. The van der Waals surface area contributed by atoms with Crippen molar-refractivity contribution in [1.29, 1.82) is 0 Å². The number of aryl methyl sites for hydroxylation is 3. The van der Waals surface area contributed by atoms with Gasteiger partial charge in [0.15, 0.2) is 5.82 Å². The van der Waals surface area contributed by atoms with Gasteiger partial charge in [-0.15, -0.1) is 0 Å². The third-order valence-corrected chi connectivity index (χ3v) is 2.93. The van der Waals surface area contributed by atoms with Crippen LogP contribution in [0.15, 0.2) is 18.2 Å². The van der Waals surface area contributed by atoms with E-state index in [0.717, 1.165) is 12.2 Å². The molecule has 0 spiro atoms. The van der Waals surface area contributed by atoms with E-state index in [4.69, 9.17) is 5.73 Å². The van der Waals surface area contributed by atoms with Crippen LogP contribution < -0.4 is 5.73 Å². The molecule has 0 amide bonds. The number of benzene rings is 1. The zero-order chi connectivity index (χ0) is 12.4. The van der Waals surface area contributed by atoms with Crippen molar-refractivity contribution in [3.05, 3.63) is 46.5 Å². The molecule has 0 atom stereocenters. The number of hydrogen-bond acceptors (Lipinski definition) is 3. The summed E-state index contributed by atoms with van der Waals surface area (Å²) in [4.78, 5) is 4.42. The molecule has 0 unspecified atom stereocenters. The molecule has 4 nitrogen and oxygen atoms in total. The van der Waals surface area contributed by atoms with Gasteiger partial charge in [-0.25, -0.2) is 4.98 Å². The van der Waals surface area contributed by atoms with Gasteiger partial charge in [-0.3, -0.25) is 4.68 Å². The summed E-state index contributed by atoms with van der Waals surface area (Å²) in [5, 5.41) is 4.26. The molecule has 0 aliphatic rings. The van der Waals surface area contributed by atoms with Crippen molar-refractivity contribution in [3.63, 3.8) is 0 Å². The van der Waals surface area contributed by atoms with E-state index in [1.54, 1.807) is 0 Å². The van der Waals surface area contributed by atoms with Gasteiger partial charge in [-0.2, -0.15) is 5.10 Å². The average Bonchev–Trinajstić information content (AvgIpc) is 2.65. The fourth-order valence-electron chi connectivity index (χ4n) is 1.88. The molecule has 2 rings (SSSR count). The molecular weight excluding hydrogens is 212 g/mol. The van der Waals surface area contributed by atoms with Gasteiger partial charge in [0.1, 0.15) is 5.82 Å². The zero-order valence-corrected chi connectivity index (χ0v) is 10.6. The Morgan fingerprint density at radius 1 is 1.29 bits per heavy atom. The van der Waals surface area contributed by atoms with Crippen LogP contribution in [-0.2, 0) is 20.0 Å². The van der Waals surface area contributed by atoms with Crippen LogP contribution >= 0.6 is 0 Å². The van der Waals surface area contributed by atoms with E-state index in [-0.39, 0.29) is 0 Å². The third kappa shape index (κ3) is 2.53. The molecule has 1 aromatic carbocycles. The Morgan fingerprint density at radius 3 is 2.71 bits per heavy atom. The summed E-state index contributed by atoms with van der Waals surface area (Å²) in [6.07, 6.45) is 0.803. The Hall–Kier alpha value is -1.68. The summed E-state index contributed by atoms with van der Waals surface area (Å²) in [7, 11) is 1.91. The second-order valence-corrected chi connectivity index (χ2v) is 4.38. The Kier molecular flexibility index (Phi) is 3.24. The summed E-state index contributed by atoms with van der Waals surface area (Å²) in [6, 6.07) is 6.47. The lowest BCUT2D eigenvalue weighted by atomic mass is 10.0. The minimum atomic E-state index is 0.390. The maximum absolute atomic E-state index is 5.54. The third-order valence-electron chi connectivity index (χ3n) is 2.93. The first-order chi connectivity index (χ1) is 8.10. The van der Waals surface area contributed by atoms with E-state index in [0.29, 0.717) is 12.4 Å². The second-order valence-electron chi connectivity index (χ2n) is 4.38. The monoisotopic (exact) mass is 230 g/mol. The standard InChI is InChI=1S/C13H18N4/c1-9-4-5-10(2)11(6-9)7-13-15-12(8-14)16-17(13)3/h4-6H,7-8,14H2,1-3H3. The fourth-order valence-corrected chi connectivity index (χ4v) is 1.88. The van der Waals surface area contributed by atoms with E-state index < -0.39 is 0 Å². The Labute approximate surface area is 101 Å². The smallest absolute Gasteiger partial charge is 0.164 e. The maximum Gasteiger partial charge on any atom is 0.164 e. The van der Waals surface area contributed by atoms with Gasteiger partial charge in [0.05, 0.1) is 6.54 Å². The lowest BCUT2D eigenvalue weighted by Crippen LogP contribution is -2.02. The summed E-state index contributed by atoms with van der Waals surface area (Å²) in [5.41, 5.74) is 9.39. The van der Waals surface area contributed by atoms with Crippen LogP contribution in [-0.4, -0.2) is 14.8 Å². The summed E-state index contributed by atoms with van der Waals surface area (Å²) >= 11 is 0. The van der Waals surface area contributed by atoms with Crippen LogP contribution in [0.5, 0.6) is 0 Å². The summed E-state index contributed by atoms with van der Waals surface area (Å²) in [6.45, 7) is 4.61. The molecule has 1 heterocycles. The van der Waals surface area contributed by atoms with Crippen molar-refractivity contribution >= 4 is 0 Å². The second kappa shape index (κ2) is 4.67. The van der Waals surface area contributed by atoms with Crippen molar-refractivity contribution in [1.82, 2.24) is 14.8 Å². The van der Waals surface area contributed by atoms with Crippen molar-refractivity contribution in [2.45, 2.75) is 26.8 Å². The average molecular weight is 230 g/mol. The molecule has 90 valence electrons. The maximum atomic E-state index is 5.54. The van der Waals surface area contributed by atoms with E-state index in [1.165, 1.54) is 16.7 Å². The van der Waals surface area contributed by atoms with Gasteiger partial charge >= 0.3 is 0 Å². The minimum absolute atomic E-state index is 0.390. The molecule has 0 fully saturated rings. The molecule has 2 aromatic rings. The van der Waals surface area contributed by atoms with E-state index in [1.807, 2.05) is 11.7 Å². The Morgan fingerprint density at radius 2 is 2.06 bits per heavy atom. The molecule has 0 bridgehead atoms. The predicted octanol–water partition coefficient (Wildman–Crippen LogP) is 1.48. The van der Waals surface area contributed by atoms with Crippen LogP contribution in [0.25, 0.3) is 0 Å². The fraction of sp³-hybridized carbons (Fsp3) is 0.385. The molecule has 0 saturated heterocycles. The largest absolute Gasteiger partial charge is 0.324 e. The molecule has 0 aliphatic carbocycles. The molecule has 0 aliphatic heterocycles. The first-order valence-electron chi connectivity index (χ1n) is 5.75. The van der Waals surface area contributed by atoms with Gasteiger partial charge in [0.25, 0.3) is 0 Å². The van der Waals surface area contributed by atoms with Crippen molar-refractivity contribution in [3.8, 4) is 0 Å². The first kappa shape index (κ1) is 11.8. The van der Waals surface area contributed by atoms with Crippen molar-refractivity contribution in [2.24, 2.45) is 12.8 Å². The highest BCUT2D eigenvalue weighted by Crippen LogP contribution is 2.14. The minimum Gasteiger partial charge on any atom is -0.324 e. The van der Waals surface area contributed by atoms with Crippen LogP contribution in [0.4, 0.5) is 0 Å². The first-order valence-corrected chi connectivity index (χ1v) is 5.75. The molecule has 0 radical (unpaired) electrons. The van der Waals surface area contributed by atoms with Gasteiger partial charge in [0.2, 0.25) is 0 Å². The Bertz CT molecular complexity index is 528. The van der Waals surface area contributed by atoms with Gasteiger partial charge in [-0.1, -0.05) is 23.8 Å². The van der Waals surface area contributed by atoms with Crippen molar-refractivity contribution in [2.75, 3.05) is 0 Å². The quantitative estimate of drug-likeness (QED) is 0.869. The molecular formula is C13H18N4. The highest BCUT2D eigenvalue weighted by atomic mass is 15.3. The number of nitrogens with two attached hydrogens (primary N) is 1. The number of nitrogens with zero attached hydrogens (tertiary/aromatic N) is 3. The van der Waals surface area contributed by atoms with Gasteiger partial charge < -0.3 is 5.73 Å². The van der Waals surface area contributed by atoms with Crippen molar-refractivity contribution < 1.29 is 0 Å². The Balaban J connectivity index is 2.30. The number of aromatic nitrogens is 3. The van der Waals surface area contributed by atoms with Crippen LogP contribution in [0.1, 0.15) is 28.3 Å². The SMILES string of the molecule is Cc1ccc(C)c(Cc2nc(CN)nn2C)c1. The van der Waals surface area contributed by atoms with Crippen LogP contribution in [0.2, 0.25) is 0 Å². The van der Waals surface area contributed by atoms with Gasteiger partial charge in [-0.05, 0) is 25.0 Å². The topological polar surface area (TPSA) is 56.7 Å². The summed E-state index contributed by atoms with van der Waals surface area (Å²) < 4.78 is 1.81. The highest BCUT2D eigenvalue weighted by Gasteiger charge is 2.08. The normalized spacial score (nSPS) is 10.8. The van der Waals surface area contributed by atoms with Crippen LogP contribution in [0, 0.1) is 13.8 Å². The lowest BCUT2D eigenvalue weighted by molar-refractivity contribution is 0.705. The van der Waals surface area contributed by atoms with Crippen LogP contribution in [0.3, 0.4) is 0 Å². The highest BCUT2D eigenvalue weighted by molar-refractivity contribution is 5.32. The van der Waals surface area contributed by atoms with E-state index in [2.05, 4.69) is 42.1 Å². The molecule has 0 saturated carbocycles. The molecule has 2 N–H and O–H groups in total. The number of hydrogen-bond donors (Lipinski definition) is 1. The lowest BCUT2D eigenvalue weighted by Gasteiger charge is -2.06. The molecule has 17 heavy (non-hydrogen) atoms. The molecule has 1 aromatic heterocycles. The van der Waals surface area contributed by atoms with E-state index >= 15 is 0 Å². The van der Waals surface area contributed by atoms with Gasteiger partial charge in [0, 0.05) is 13.5 Å². The molecule has 4 heteroatoms.